The molecule has 162 valence electrons. The van der Waals surface area contributed by atoms with Gasteiger partial charge in [0.1, 0.15) is 11.6 Å². The SMILES string of the molecule is O=C(c1ccc(S(=O)(=O)c2ccc(Cl)cc2)o1)N(Cc1cccc(F)c1)c1ccccn1. The lowest BCUT2D eigenvalue weighted by Crippen LogP contribution is -2.30. The number of amides is 1. The van der Waals surface area contributed by atoms with Crippen molar-refractivity contribution in [1.82, 2.24) is 4.98 Å². The van der Waals surface area contributed by atoms with E-state index < -0.39 is 21.6 Å². The van der Waals surface area contributed by atoms with E-state index in [2.05, 4.69) is 4.98 Å². The number of anilines is 1. The molecule has 2 aromatic carbocycles. The number of aromatic nitrogens is 1. The average molecular weight is 471 g/mol. The van der Waals surface area contributed by atoms with E-state index in [0.717, 1.165) is 0 Å². The Labute approximate surface area is 188 Å². The highest BCUT2D eigenvalue weighted by atomic mass is 35.5. The molecule has 0 N–H and O–H groups in total. The summed E-state index contributed by atoms with van der Waals surface area (Å²) < 4.78 is 44.8. The normalized spacial score (nSPS) is 11.3. The summed E-state index contributed by atoms with van der Waals surface area (Å²) in [6.07, 6.45) is 1.51. The zero-order valence-corrected chi connectivity index (χ0v) is 18.1. The number of carbonyl (C=O) groups excluding carboxylic acids is 1. The minimum atomic E-state index is -3.98. The first-order valence-electron chi connectivity index (χ1n) is 9.42. The van der Waals surface area contributed by atoms with E-state index in [1.807, 2.05) is 0 Å². The second-order valence-corrected chi connectivity index (χ2v) is 9.10. The molecule has 0 aliphatic carbocycles. The van der Waals surface area contributed by atoms with Crippen LogP contribution in [0.25, 0.3) is 0 Å². The molecular formula is C23H16ClFN2O4S. The van der Waals surface area contributed by atoms with E-state index in [1.54, 1.807) is 24.3 Å². The van der Waals surface area contributed by atoms with Gasteiger partial charge in [0.2, 0.25) is 14.9 Å². The van der Waals surface area contributed by atoms with Crippen LogP contribution in [0.1, 0.15) is 16.1 Å². The van der Waals surface area contributed by atoms with Gasteiger partial charge in [-0.05, 0) is 66.2 Å². The molecule has 4 aromatic rings. The summed E-state index contributed by atoms with van der Waals surface area (Å²) in [6.45, 7) is 0.00751. The summed E-state index contributed by atoms with van der Waals surface area (Å²) in [5, 5.41) is 0.0116. The monoisotopic (exact) mass is 470 g/mol. The molecule has 6 nitrogen and oxygen atoms in total. The van der Waals surface area contributed by atoms with Crippen molar-refractivity contribution in [3.05, 3.63) is 107 Å². The average Bonchev–Trinajstić information content (AvgIpc) is 3.29. The second-order valence-electron chi connectivity index (χ2n) is 6.79. The predicted molar refractivity (Wildman–Crippen MR) is 117 cm³/mol. The minimum absolute atomic E-state index is 0.00751. The number of benzene rings is 2. The molecule has 32 heavy (non-hydrogen) atoms. The van der Waals surface area contributed by atoms with E-state index in [0.29, 0.717) is 16.4 Å². The molecule has 9 heteroatoms. The van der Waals surface area contributed by atoms with E-state index in [1.165, 1.54) is 65.7 Å². The molecule has 0 saturated carbocycles. The molecule has 0 unspecified atom stereocenters. The summed E-state index contributed by atoms with van der Waals surface area (Å²) in [4.78, 5) is 18.7. The van der Waals surface area contributed by atoms with Crippen LogP contribution in [0.3, 0.4) is 0 Å². The number of sulfone groups is 1. The number of pyridine rings is 1. The van der Waals surface area contributed by atoms with Crippen molar-refractivity contribution >= 4 is 33.2 Å². The third-order valence-corrected chi connectivity index (χ3v) is 6.48. The Hall–Kier alpha value is -3.49. The maximum absolute atomic E-state index is 13.7. The van der Waals surface area contributed by atoms with Gasteiger partial charge in [0.05, 0.1) is 11.4 Å². The maximum atomic E-state index is 13.7. The Morgan fingerprint density at radius 2 is 1.78 bits per heavy atom. The Balaban J connectivity index is 1.67. The highest BCUT2D eigenvalue weighted by Gasteiger charge is 2.27. The van der Waals surface area contributed by atoms with Gasteiger partial charge < -0.3 is 4.42 Å². The van der Waals surface area contributed by atoms with Gasteiger partial charge in [-0.25, -0.2) is 17.8 Å². The minimum Gasteiger partial charge on any atom is -0.439 e. The zero-order valence-electron chi connectivity index (χ0n) is 16.5. The van der Waals surface area contributed by atoms with Crippen LogP contribution in [0.5, 0.6) is 0 Å². The third kappa shape index (κ3) is 4.56. The molecule has 0 aliphatic rings. The first-order chi connectivity index (χ1) is 15.3. The van der Waals surface area contributed by atoms with Crippen LogP contribution in [0.2, 0.25) is 5.02 Å². The largest absolute Gasteiger partial charge is 0.439 e. The topological polar surface area (TPSA) is 80.5 Å². The van der Waals surface area contributed by atoms with E-state index in [4.69, 9.17) is 16.0 Å². The summed E-state index contributed by atoms with van der Waals surface area (Å²) in [5.41, 5.74) is 0.532. The quantitative estimate of drug-likeness (QED) is 0.389. The van der Waals surface area contributed by atoms with Crippen molar-refractivity contribution < 1.29 is 22.0 Å². The lowest BCUT2D eigenvalue weighted by atomic mass is 10.2. The van der Waals surface area contributed by atoms with Crippen LogP contribution in [0.4, 0.5) is 10.2 Å². The molecule has 0 bridgehead atoms. The number of carbonyl (C=O) groups is 1. The molecular weight excluding hydrogens is 455 g/mol. The molecule has 0 saturated heterocycles. The number of halogens is 2. The Bertz CT molecular complexity index is 1360. The molecule has 0 atom stereocenters. The number of nitrogens with zero attached hydrogens (tertiary/aromatic N) is 2. The van der Waals surface area contributed by atoms with Crippen LogP contribution in [0, 0.1) is 5.82 Å². The smallest absolute Gasteiger partial charge is 0.295 e. The number of hydrogen-bond acceptors (Lipinski definition) is 5. The van der Waals surface area contributed by atoms with Gasteiger partial charge in [-0.2, -0.15) is 0 Å². The van der Waals surface area contributed by atoms with E-state index in [9.17, 15) is 17.6 Å². The van der Waals surface area contributed by atoms with E-state index in [-0.39, 0.29) is 22.3 Å². The Morgan fingerprint density at radius 3 is 2.47 bits per heavy atom. The fraction of sp³-hybridized carbons (Fsp3) is 0.0435. The van der Waals surface area contributed by atoms with Crippen molar-refractivity contribution in [3.8, 4) is 0 Å². The second kappa shape index (κ2) is 8.94. The van der Waals surface area contributed by atoms with Crippen molar-refractivity contribution in [2.45, 2.75) is 16.5 Å². The van der Waals surface area contributed by atoms with Crippen molar-refractivity contribution in [2.24, 2.45) is 0 Å². The number of rotatable bonds is 6. The summed E-state index contributed by atoms with van der Waals surface area (Å²) in [6, 6.07) is 18.9. The highest BCUT2D eigenvalue weighted by molar-refractivity contribution is 7.91. The Kier molecular flexibility index (Phi) is 6.07. The van der Waals surface area contributed by atoms with Gasteiger partial charge in [0, 0.05) is 11.2 Å². The first-order valence-corrected chi connectivity index (χ1v) is 11.3. The highest BCUT2D eigenvalue weighted by Crippen LogP contribution is 2.26. The van der Waals surface area contributed by atoms with E-state index >= 15 is 0 Å². The summed E-state index contributed by atoms with van der Waals surface area (Å²) in [5.74, 6) is -0.948. The summed E-state index contributed by atoms with van der Waals surface area (Å²) >= 11 is 5.82. The molecule has 0 aliphatic heterocycles. The molecule has 2 aromatic heterocycles. The lowest BCUT2D eigenvalue weighted by Gasteiger charge is -2.20. The van der Waals surface area contributed by atoms with Gasteiger partial charge >= 0.3 is 0 Å². The standard InChI is InChI=1S/C23H16ClFN2O4S/c24-17-7-9-19(10-8-17)32(29,30)22-12-11-20(31-22)23(28)27(21-6-1-2-13-26-21)15-16-4-3-5-18(25)14-16/h1-14H,15H2. The fourth-order valence-corrected chi connectivity index (χ4v) is 4.33. The molecule has 0 spiro atoms. The molecule has 2 heterocycles. The zero-order chi connectivity index (χ0) is 22.7. The van der Waals surface area contributed by atoms with Crippen molar-refractivity contribution in [1.29, 1.82) is 0 Å². The summed E-state index contributed by atoms with van der Waals surface area (Å²) in [7, 11) is -3.98. The van der Waals surface area contributed by atoms with Crippen LogP contribution in [-0.2, 0) is 16.4 Å². The third-order valence-electron chi connectivity index (χ3n) is 4.58. The number of hydrogen-bond donors (Lipinski definition) is 0. The van der Waals surface area contributed by atoms with Gasteiger partial charge in [0.25, 0.3) is 5.91 Å². The predicted octanol–water partition coefficient (Wildman–Crippen LogP) is 5.15. The van der Waals surface area contributed by atoms with Crippen LogP contribution < -0.4 is 4.90 Å². The van der Waals surface area contributed by atoms with Crippen molar-refractivity contribution in [2.75, 3.05) is 4.90 Å². The van der Waals surface area contributed by atoms with Gasteiger partial charge in [0.15, 0.2) is 5.76 Å². The van der Waals surface area contributed by atoms with Crippen LogP contribution >= 0.6 is 11.6 Å². The van der Waals surface area contributed by atoms with Gasteiger partial charge in [-0.1, -0.05) is 29.8 Å². The van der Waals surface area contributed by atoms with Crippen molar-refractivity contribution in [3.63, 3.8) is 0 Å². The van der Waals surface area contributed by atoms with Crippen LogP contribution in [-0.4, -0.2) is 19.3 Å². The van der Waals surface area contributed by atoms with Gasteiger partial charge in [-0.3, -0.25) is 9.69 Å². The number of furan rings is 1. The van der Waals surface area contributed by atoms with Gasteiger partial charge in [-0.15, -0.1) is 0 Å². The molecule has 0 fully saturated rings. The Morgan fingerprint density at radius 1 is 1.00 bits per heavy atom. The molecule has 4 rings (SSSR count). The fourth-order valence-electron chi connectivity index (χ4n) is 3.03. The lowest BCUT2D eigenvalue weighted by molar-refractivity contribution is 0.0952. The van der Waals surface area contributed by atoms with Crippen LogP contribution in [0.15, 0.2) is 99.5 Å². The molecule has 0 radical (unpaired) electrons. The first kappa shape index (κ1) is 21.7. The molecule has 1 amide bonds. The maximum Gasteiger partial charge on any atom is 0.295 e.